The van der Waals surface area contributed by atoms with Gasteiger partial charge in [0.1, 0.15) is 0 Å². The average Bonchev–Trinajstić information content (AvgIpc) is 2.54. The molecule has 3 N–H and O–H groups in total. The van der Waals surface area contributed by atoms with Crippen molar-refractivity contribution < 1.29 is 4.74 Å². The van der Waals surface area contributed by atoms with Crippen LogP contribution < -0.4 is 16.0 Å². The Morgan fingerprint density at radius 1 is 1.33 bits per heavy atom. The lowest BCUT2D eigenvalue weighted by atomic mass is 9.99. The van der Waals surface area contributed by atoms with Gasteiger partial charge in [-0.05, 0) is 43.4 Å². The molecule has 136 valence electrons. The molecule has 1 aromatic carbocycles. The van der Waals surface area contributed by atoms with Crippen molar-refractivity contribution in [3.8, 4) is 0 Å². The van der Waals surface area contributed by atoms with Crippen molar-refractivity contribution >= 4 is 35.6 Å². The summed E-state index contributed by atoms with van der Waals surface area (Å²) in [5.41, 5.74) is 8.37. The molecule has 1 fully saturated rings. The summed E-state index contributed by atoms with van der Waals surface area (Å²) in [5, 5.41) is 3.11. The van der Waals surface area contributed by atoms with Crippen LogP contribution in [0.15, 0.2) is 29.3 Å². The quantitative estimate of drug-likeness (QED) is 0.401. The number of guanidine groups is 1. The molecule has 6 heteroatoms. The van der Waals surface area contributed by atoms with Gasteiger partial charge >= 0.3 is 0 Å². The van der Waals surface area contributed by atoms with Crippen LogP contribution in [0.25, 0.3) is 0 Å². The zero-order chi connectivity index (χ0) is 16.7. The molecule has 1 saturated heterocycles. The molecule has 1 aromatic rings. The van der Waals surface area contributed by atoms with E-state index in [0.717, 1.165) is 19.0 Å². The molecule has 0 amide bonds. The molecule has 0 radical (unpaired) electrons. The van der Waals surface area contributed by atoms with Crippen molar-refractivity contribution in [3.63, 3.8) is 0 Å². The highest BCUT2D eigenvalue weighted by Crippen LogP contribution is 2.23. The summed E-state index contributed by atoms with van der Waals surface area (Å²) < 4.78 is 5.07. The van der Waals surface area contributed by atoms with E-state index in [1.165, 1.54) is 24.1 Å². The summed E-state index contributed by atoms with van der Waals surface area (Å²) in [5.74, 6) is 1.32. The van der Waals surface area contributed by atoms with E-state index >= 15 is 0 Å². The van der Waals surface area contributed by atoms with Gasteiger partial charge in [-0.2, -0.15) is 0 Å². The number of hydrogen-bond donors (Lipinski definition) is 2. The van der Waals surface area contributed by atoms with Gasteiger partial charge in [0.2, 0.25) is 0 Å². The fraction of sp³-hybridized carbons (Fsp3) is 0.611. The molecular formula is C18H31IN4O. The van der Waals surface area contributed by atoms with Gasteiger partial charge in [0.05, 0.1) is 13.2 Å². The fourth-order valence-corrected chi connectivity index (χ4v) is 2.85. The SMILES string of the molecule is COCC(C)NC(N)=NCc1ccc(N2CCC(C)CC2)cc1.I. The third kappa shape index (κ3) is 6.84. The molecule has 1 aliphatic heterocycles. The number of benzene rings is 1. The van der Waals surface area contributed by atoms with Crippen LogP contribution in [0.2, 0.25) is 0 Å². The second kappa shape index (κ2) is 10.8. The van der Waals surface area contributed by atoms with Crippen LogP contribution in [0.4, 0.5) is 5.69 Å². The second-order valence-electron chi connectivity index (χ2n) is 6.54. The molecular weight excluding hydrogens is 415 g/mol. The number of hydrogen-bond acceptors (Lipinski definition) is 3. The molecule has 24 heavy (non-hydrogen) atoms. The summed E-state index contributed by atoms with van der Waals surface area (Å²) in [6.45, 7) is 7.87. The lowest BCUT2D eigenvalue weighted by molar-refractivity contribution is 0.179. The number of nitrogens with two attached hydrogens (primary N) is 1. The van der Waals surface area contributed by atoms with Crippen LogP contribution in [0.5, 0.6) is 0 Å². The Bertz CT molecular complexity index is 498. The molecule has 1 unspecified atom stereocenters. The highest BCUT2D eigenvalue weighted by Gasteiger charge is 2.15. The van der Waals surface area contributed by atoms with E-state index in [-0.39, 0.29) is 30.0 Å². The summed E-state index contributed by atoms with van der Waals surface area (Å²) in [6, 6.07) is 8.83. The maximum atomic E-state index is 5.89. The summed E-state index contributed by atoms with van der Waals surface area (Å²) in [6.07, 6.45) is 2.57. The molecule has 0 aromatic heterocycles. The van der Waals surface area contributed by atoms with E-state index in [0.29, 0.717) is 19.1 Å². The van der Waals surface area contributed by atoms with Crippen LogP contribution in [0.1, 0.15) is 32.3 Å². The predicted octanol–water partition coefficient (Wildman–Crippen LogP) is 2.98. The van der Waals surface area contributed by atoms with Crippen LogP contribution in [0.3, 0.4) is 0 Å². The van der Waals surface area contributed by atoms with Crippen LogP contribution >= 0.6 is 24.0 Å². The first-order valence-electron chi connectivity index (χ1n) is 8.47. The number of anilines is 1. The molecule has 0 spiro atoms. The van der Waals surface area contributed by atoms with E-state index in [2.05, 4.69) is 46.4 Å². The van der Waals surface area contributed by atoms with Gasteiger partial charge in [-0.25, -0.2) is 4.99 Å². The third-order valence-electron chi connectivity index (χ3n) is 4.33. The number of nitrogens with one attached hydrogen (secondary N) is 1. The van der Waals surface area contributed by atoms with E-state index in [9.17, 15) is 0 Å². The number of piperidine rings is 1. The number of rotatable bonds is 6. The molecule has 0 bridgehead atoms. The topological polar surface area (TPSA) is 62.9 Å². The number of methoxy groups -OCH3 is 1. The van der Waals surface area contributed by atoms with Crippen molar-refractivity contribution in [3.05, 3.63) is 29.8 Å². The van der Waals surface area contributed by atoms with Crippen molar-refractivity contribution in [1.29, 1.82) is 0 Å². The van der Waals surface area contributed by atoms with Gasteiger partial charge < -0.3 is 20.7 Å². The zero-order valence-corrected chi connectivity index (χ0v) is 17.3. The molecule has 1 heterocycles. The monoisotopic (exact) mass is 446 g/mol. The molecule has 5 nitrogen and oxygen atoms in total. The van der Waals surface area contributed by atoms with Crippen LogP contribution in [-0.4, -0.2) is 38.8 Å². The van der Waals surface area contributed by atoms with Crippen molar-refractivity contribution in [2.24, 2.45) is 16.6 Å². The van der Waals surface area contributed by atoms with Crippen molar-refractivity contribution in [2.75, 3.05) is 31.7 Å². The van der Waals surface area contributed by atoms with E-state index < -0.39 is 0 Å². The van der Waals surface area contributed by atoms with Gasteiger partial charge in [-0.3, -0.25) is 0 Å². The predicted molar refractivity (Wildman–Crippen MR) is 112 cm³/mol. The standard InChI is InChI=1S/C18H30N4O.HI/c1-14-8-10-22(11-9-14)17-6-4-16(5-7-17)12-20-18(19)21-15(2)13-23-3;/h4-7,14-15H,8-13H2,1-3H3,(H3,19,20,21);1H. The minimum Gasteiger partial charge on any atom is -0.383 e. The highest BCUT2D eigenvalue weighted by atomic mass is 127. The fourth-order valence-electron chi connectivity index (χ4n) is 2.85. The first-order valence-corrected chi connectivity index (χ1v) is 8.47. The molecule has 0 aliphatic carbocycles. The Hall–Kier alpha value is -1.02. The zero-order valence-electron chi connectivity index (χ0n) is 15.0. The lowest BCUT2D eigenvalue weighted by Crippen LogP contribution is -2.40. The molecule has 0 saturated carbocycles. The third-order valence-corrected chi connectivity index (χ3v) is 4.33. The smallest absolute Gasteiger partial charge is 0.189 e. The highest BCUT2D eigenvalue weighted by molar-refractivity contribution is 14.0. The summed E-state index contributed by atoms with van der Waals surface area (Å²) in [4.78, 5) is 6.85. The van der Waals surface area contributed by atoms with Gasteiger partial charge in [-0.1, -0.05) is 19.1 Å². The van der Waals surface area contributed by atoms with Gasteiger partial charge in [0, 0.05) is 31.9 Å². The Morgan fingerprint density at radius 3 is 2.54 bits per heavy atom. The largest absolute Gasteiger partial charge is 0.383 e. The maximum absolute atomic E-state index is 5.89. The second-order valence-corrected chi connectivity index (χ2v) is 6.54. The molecule has 2 rings (SSSR count). The average molecular weight is 446 g/mol. The summed E-state index contributed by atoms with van der Waals surface area (Å²) in [7, 11) is 1.68. The van der Waals surface area contributed by atoms with Crippen LogP contribution in [0, 0.1) is 5.92 Å². The Morgan fingerprint density at radius 2 is 1.96 bits per heavy atom. The number of ether oxygens (including phenoxy) is 1. The van der Waals surface area contributed by atoms with Crippen LogP contribution in [-0.2, 0) is 11.3 Å². The van der Waals surface area contributed by atoms with Gasteiger partial charge in [0.15, 0.2) is 5.96 Å². The Labute approximate surface area is 163 Å². The Balaban J connectivity index is 0.00000288. The van der Waals surface area contributed by atoms with Crippen molar-refractivity contribution in [2.45, 2.75) is 39.3 Å². The maximum Gasteiger partial charge on any atom is 0.189 e. The minimum atomic E-state index is 0. The first-order chi connectivity index (χ1) is 11.1. The number of halogens is 1. The minimum absolute atomic E-state index is 0. The van der Waals surface area contributed by atoms with Gasteiger partial charge in [0.25, 0.3) is 0 Å². The van der Waals surface area contributed by atoms with Gasteiger partial charge in [-0.15, -0.1) is 24.0 Å². The Kier molecular flexibility index (Phi) is 9.43. The summed E-state index contributed by atoms with van der Waals surface area (Å²) >= 11 is 0. The first kappa shape index (κ1) is 21.0. The molecule has 1 atom stereocenters. The normalized spacial score (nSPS) is 17.3. The lowest BCUT2D eigenvalue weighted by Gasteiger charge is -2.32. The number of aliphatic imine (C=N–C) groups is 1. The van der Waals surface area contributed by atoms with Crippen molar-refractivity contribution in [1.82, 2.24) is 5.32 Å². The van der Waals surface area contributed by atoms with E-state index in [4.69, 9.17) is 10.5 Å². The van der Waals surface area contributed by atoms with E-state index in [1.54, 1.807) is 7.11 Å². The van der Waals surface area contributed by atoms with E-state index in [1.807, 2.05) is 6.92 Å². The number of nitrogens with zero attached hydrogens (tertiary/aromatic N) is 2. The molecule has 1 aliphatic rings.